The summed E-state index contributed by atoms with van der Waals surface area (Å²) in [7, 11) is 0. The molecule has 1 saturated heterocycles. The van der Waals surface area contributed by atoms with Crippen molar-refractivity contribution < 1.29 is 4.39 Å². The van der Waals surface area contributed by atoms with Gasteiger partial charge in [0.1, 0.15) is 5.82 Å². The predicted octanol–water partition coefficient (Wildman–Crippen LogP) is 3.36. The van der Waals surface area contributed by atoms with Gasteiger partial charge in [0.25, 0.3) is 0 Å². The quantitative estimate of drug-likeness (QED) is 0.882. The predicted molar refractivity (Wildman–Crippen MR) is 94.2 cm³/mol. The Balaban J connectivity index is 1.51. The van der Waals surface area contributed by atoms with Crippen molar-refractivity contribution in [3.8, 4) is 0 Å². The van der Waals surface area contributed by atoms with Crippen molar-refractivity contribution in [1.29, 1.82) is 0 Å². The SMILES string of the molecule is CC(C)n1cc(CNC2CCCN(Cc3ccccc3F)C2)cn1. The Morgan fingerprint density at radius 3 is 2.92 bits per heavy atom. The monoisotopic (exact) mass is 330 g/mol. The number of halogens is 1. The van der Waals surface area contributed by atoms with E-state index >= 15 is 0 Å². The first-order chi connectivity index (χ1) is 11.6. The van der Waals surface area contributed by atoms with Gasteiger partial charge in [-0.05, 0) is 39.3 Å². The third-order valence-corrected chi connectivity index (χ3v) is 4.64. The van der Waals surface area contributed by atoms with Crippen LogP contribution in [0.5, 0.6) is 0 Å². The summed E-state index contributed by atoms with van der Waals surface area (Å²) in [6, 6.07) is 7.92. The average Bonchev–Trinajstić information content (AvgIpc) is 3.05. The van der Waals surface area contributed by atoms with E-state index in [9.17, 15) is 4.39 Å². The molecular formula is C19H27FN4. The molecule has 1 aromatic heterocycles. The summed E-state index contributed by atoms with van der Waals surface area (Å²) in [5.74, 6) is -0.103. The normalized spacial score (nSPS) is 19.1. The molecule has 0 bridgehead atoms. The maximum absolute atomic E-state index is 13.8. The smallest absolute Gasteiger partial charge is 0.127 e. The number of benzene rings is 1. The molecule has 1 fully saturated rings. The summed E-state index contributed by atoms with van der Waals surface area (Å²) in [5.41, 5.74) is 2.01. The van der Waals surface area contributed by atoms with E-state index in [0.717, 1.165) is 31.6 Å². The van der Waals surface area contributed by atoms with Gasteiger partial charge in [0.2, 0.25) is 0 Å². The Kier molecular flexibility index (Phi) is 5.63. The van der Waals surface area contributed by atoms with Gasteiger partial charge in [0.05, 0.1) is 6.20 Å². The summed E-state index contributed by atoms with van der Waals surface area (Å²) < 4.78 is 15.8. The van der Waals surface area contributed by atoms with E-state index in [4.69, 9.17) is 0 Å². The number of likely N-dealkylation sites (tertiary alicyclic amines) is 1. The summed E-state index contributed by atoms with van der Waals surface area (Å²) >= 11 is 0. The number of hydrogen-bond donors (Lipinski definition) is 1. The van der Waals surface area contributed by atoms with Crippen LogP contribution in [0.3, 0.4) is 0 Å². The van der Waals surface area contributed by atoms with Crippen LogP contribution in [0.15, 0.2) is 36.7 Å². The Bertz CT molecular complexity index is 652. The molecule has 0 aliphatic carbocycles. The lowest BCUT2D eigenvalue weighted by atomic mass is 10.0. The lowest BCUT2D eigenvalue weighted by Crippen LogP contribution is -2.45. The minimum Gasteiger partial charge on any atom is -0.309 e. The van der Waals surface area contributed by atoms with Crippen LogP contribution in [0, 0.1) is 5.82 Å². The molecule has 0 amide bonds. The molecule has 1 aromatic carbocycles. The van der Waals surface area contributed by atoms with Crippen molar-refractivity contribution in [3.05, 3.63) is 53.6 Å². The third-order valence-electron chi connectivity index (χ3n) is 4.64. The molecular weight excluding hydrogens is 303 g/mol. The molecule has 2 heterocycles. The van der Waals surface area contributed by atoms with Gasteiger partial charge in [-0.3, -0.25) is 9.58 Å². The molecule has 1 N–H and O–H groups in total. The summed E-state index contributed by atoms with van der Waals surface area (Å²) in [6.07, 6.45) is 6.37. The van der Waals surface area contributed by atoms with Crippen molar-refractivity contribution in [2.45, 2.75) is 51.9 Å². The van der Waals surface area contributed by atoms with Crippen molar-refractivity contribution >= 4 is 0 Å². The van der Waals surface area contributed by atoms with E-state index < -0.39 is 0 Å². The van der Waals surface area contributed by atoms with Gasteiger partial charge in [0.15, 0.2) is 0 Å². The van der Waals surface area contributed by atoms with Gasteiger partial charge in [-0.15, -0.1) is 0 Å². The average molecular weight is 330 g/mol. The maximum atomic E-state index is 13.8. The fourth-order valence-electron chi connectivity index (χ4n) is 3.25. The Morgan fingerprint density at radius 2 is 2.17 bits per heavy atom. The lowest BCUT2D eigenvalue weighted by Gasteiger charge is -2.33. The molecule has 1 aliphatic rings. The molecule has 130 valence electrons. The molecule has 24 heavy (non-hydrogen) atoms. The molecule has 1 atom stereocenters. The number of piperidine rings is 1. The zero-order valence-corrected chi connectivity index (χ0v) is 14.6. The molecule has 1 unspecified atom stereocenters. The topological polar surface area (TPSA) is 33.1 Å². The van der Waals surface area contributed by atoms with E-state index in [1.165, 1.54) is 12.0 Å². The zero-order chi connectivity index (χ0) is 16.9. The largest absolute Gasteiger partial charge is 0.309 e. The van der Waals surface area contributed by atoms with E-state index in [1.807, 2.05) is 23.0 Å². The maximum Gasteiger partial charge on any atom is 0.127 e. The molecule has 3 rings (SSSR count). The molecule has 5 heteroatoms. The van der Waals surface area contributed by atoms with Crippen molar-refractivity contribution in [1.82, 2.24) is 20.0 Å². The van der Waals surface area contributed by atoms with E-state index in [-0.39, 0.29) is 5.82 Å². The second-order valence-corrected chi connectivity index (χ2v) is 6.97. The van der Waals surface area contributed by atoms with Crippen LogP contribution in [0.25, 0.3) is 0 Å². The Hall–Kier alpha value is -1.72. The van der Waals surface area contributed by atoms with Gasteiger partial charge in [-0.25, -0.2) is 4.39 Å². The van der Waals surface area contributed by atoms with Crippen LogP contribution >= 0.6 is 0 Å². The number of rotatable bonds is 6. The molecule has 0 spiro atoms. The standard InChI is InChI=1S/C19H27FN4/c1-15(2)24-12-16(11-22-24)10-21-18-7-5-9-23(14-18)13-17-6-3-4-8-19(17)20/h3-4,6,8,11-12,15,18,21H,5,7,9-10,13-14H2,1-2H3. The van der Waals surface area contributed by atoms with Gasteiger partial charge in [-0.2, -0.15) is 5.10 Å². The molecule has 1 aliphatic heterocycles. The van der Waals surface area contributed by atoms with Crippen molar-refractivity contribution in [2.75, 3.05) is 13.1 Å². The van der Waals surface area contributed by atoms with Crippen molar-refractivity contribution in [2.24, 2.45) is 0 Å². The fourth-order valence-corrected chi connectivity index (χ4v) is 3.25. The first-order valence-electron chi connectivity index (χ1n) is 8.84. The molecule has 0 saturated carbocycles. The van der Waals surface area contributed by atoms with Crippen LogP contribution in [-0.4, -0.2) is 33.8 Å². The van der Waals surface area contributed by atoms with Crippen LogP contribution in [0.4, 0.5) is 4.39 Å². The fraction of sp³-hybridized carbons (Fsp3) is 0.526. The van der Waals surface area contributed by atoms with Crippen LogP contribution in [0.2, 0.25) is 0 Å². The highest BCUT2D eigenvalue weighted by molar-refractivity contribution is 5.17. The molecule has 2 aromatic rings. The van der Waals surface area contributed by atoms with Crippen LogP contribution in [-0.2, 0) is 13.1 Å². The minimum absolute atomic E-state index is 0.103. The first-order valence-corrected chi connectivity index (χ1v) is 8.84. The second kappa shape index (κ2) is 7.90. The van der Waals surface area contributed by atoms with E-state index in [0.29, 0.717) is 18.6 Å². The van der Waals surface area contributed by atoms with Crippen LogP contribution < -0.4 is 5.32 Å². The first kappa shape index (κ1) is 17.1. The molecule has 4 nitrogen and oxygen atoms in total. The highest BCUT2D eigenvalue weighted by Crippen LogP contribution is 2.16. The summed E-state index contributed by atoms with van der Waals surface area (Å²) in [4.78, 5) is 2.34. The van der Waals surface area contributed by atoms with E-state index in [1.54, 1.807) is 12.1 Å². The van der Waals surface area contributed by atoms with Crippen LogP contribution in [0.1, 0.15) is 43.9 Å². The lowest BCUT2D eigenvalue weighted by molar-refractivity contribution is 0.181. The zero-order valence-electron chi connectivity index (χ0n) is 14.6. The summed E-state index contributed by atoms with van der Waals surface area (Å²) in [5, 5.41) is 8.02. The van der Waals surface area contributed by atoms with E-state index in [2.05, 4.69) is 35.4 Å². The Morgan fingerprint density at radius 1 is 1.33 bits per heavy atom. The third kappa shape index (κ3) is 4.42. The highest BCUT2D eigenvalue weighted by Gasteiger charge is 2.20. The van der Waals surface area contributed by atoms with Gasteiger partial charge in [0, 0.05) is 49.0 Å². The Labute approximate surface area is 143 Å². The number of nitrogens with one attached hydrogen (secondary N) is 1. The molecule has 0 radical (unpaired) electrons. The number of hydrogen-bond acceptors (Lipinski definition) is 3. The van der Waals surface area contributed by atoms with Gasteiger partial charge in [-0.1, -0.05) is 18.2 Å². The highest BCUT2D eigenvalue weighted by atomic mass is 19.1. The van der Waals surface area contributed by atoms with Crippen molar-refractivity contribution in [3.63, 3.8) is 0 Å². The second-order valence-electron chi connectivity index (χ2n) is 6.97. The van der Waals surface area contributed by atoms with Gasteiger partial charge < -0.3 is 5.32 Å². The number of nitrogens with zero attached hydrogens (tertiary/aromatic N) is 3. The van der Waals surface area contributed by atoms with Gasteiger partial charge >= 0.3 is 0 Å². The summed E-state index contributed by atoms with van der Waals surface area (Å²) in [6.45, 7) is 7.80. The minimum atomic E-state index is -0.103. The number of aromatic nitrogens is 2.